The van der Waals surface area contributed by atoms with Gasteiger partial charge in [0, 0.05) is 25.0 Å². The Morgan fingerprint density at radius 3 is 2.89 bits per heavy atom. The van der Waals surface area contributed by atoms with E-state index in [4.69, 9.17) is 11.3 Å². The van der Waals surface area contributed by atoms with Gasteiger partial charge in [0.2, 0.25) is 0 Å². The van der Waals surface area contributed by atoms with Crippen molar-refractivity contribution in [3.63, 3.8) is 0 Å². The van der Waals surface area contributed by atoms with E-state index in [1.807, 2.05) is 22.9 Å². The largest absolute Gasteiger partial charge is 0.494 e. The lowest BCUT2D eigenvalue weighted by atomic mass is 10.0. The Morgan fingerprint density at radius 1 is 1.34 bits per heavy atom. The minimum atomic E-state index is -0.613. The van der Waals surface area contributed by atoms with Gasteiger partial charge in [0.25, 0.3) is 0 Å². The molecule has 0 radical (unpaired) electrons. The van der Waals surface area contributed by atoms with Crippen molar-refractivity contribution >= 4 is 17.1 Å². The zero-order valence-corrected chi connectivity index (χ0v) is 19.0. The van der Waals surface area contributed by atoms with Gasteiger partial charge in [-0.3, -0.25) is 9.48 Å². The lowest BCUT2D eigenvalue weighted by Gasteiger charge is -2.09. The molecule has 0 aliphatic heterocycles. The molecule has 0 saturated heterocycles. The second-order valence-electron chi connectivity index (χ2n) is 8.58. The number of Topliss-reactive ketones (excluding diaryl/α,β-unsaturated/α-hetero) is 1. The van der Waals surface area contributed by atoms with E-state index in [9.17, 15) is 14.4 Å². The molecule has 3 heterocycles. The maximum absolute atomic E-state index is 14.6. The van der Waals surface area contributed by atoms with Crippen molar-refractivity contribution in [2.24, 2.45) is 0 Å². The molecule has 1 aromatic carbocycles. The Balaban J connectivity index is 1.30. The monoisotopic (exact) mass is 468 g/mol. The number of ether oxygens (including phenoxy) is 1. The highest BCUT2D eigenvalue weighted by atomic mass is 19.1. The van der Waals surface area contributed by atoms with Crippen molar-refractivity contribution in [3.05, 3.63) is 88.2 Å². The molecular formula is C26H21FN6O2. The van der Waals surface area contributed by atoms with Crippen LogP contribution in [0.25, 0.3) is 10.5 Å². The van der Waals surface area contributed by atoms with Gasteiger partial charge in [0.05, 0.1) is 43.2 Å². The van der Waals surface area contributed by atoms with Gasteiger partial charge < -0.3 is 9.14 Å². The van der Waals surface area contributed by atoms with Gasteiger partial charge in [0.15, 0.2) is 28.7 Å². The molecule has 9 heteroatoms. The van der Waals surface area contributed by atoms with Crippen LogP contribution in [0.5, 0.6) is 5.75 Å². The number of hydrogen-bond donors (Lipinski definition) is 0. The van der Waals surface area contributed by atoms with Crippen molar-refractivity contribution in [1.29, 1.82) is 5.26 Å². The molecule has 1 aliphatic rings. The SMILES string of the molecule is [C-]#[N+]c1ccc(OC)c(F)c1CCC(=O)c1cnn(Cc2cn3cc(C4CC4)cc(C#N)c3n2)c1. The molecule has 0 bridgehead atoms. The Labute approximate surface area is 201 Å². The van der Waals surface area contributed by atoms with Crippen molar-refractivity contribution in [1.82, 2.24) is 19.2 Å². The van der Waals surface area contributed by atoms with Gasteiger partial charge >= 0.3 is 0 Å². The van der Waals surface area contributed by atoms with Crippen LogP contribution in [-0.4, -0.2) is 32.1 Å². The third kappa shape index (κ3) is 4.36. The molecule has 0 unspecified atom stereocenters. The van der Waals surface area contributed by atoms with Crippen LogP contribution in [0.15, 0.2) is 43.0 Å². The van der Waals surface area contributed by atoms with Gasteiger partial charge in [-0.2, -0.15) is 10.4 Å². The fraction of sp³-hybridized carbons (Fsp3) is 0.269. The van der Waals surface area contributed by atoms with Gasteiger partial charge in [0.1, 0.15) is 6.07 Å². The molecule has 0 amide bonds. The summed E-state index contributed by atoms with van der Waals surface area (Å²) in [6.45, 7) is 7.60. The second kappa shape index (κ2) is 9.03. The summed E-state index contributed by atoms with van der Waals surface area (Å²) in [6, 6.07) is 7.05. The molecule has 174 valence electrons. The molecule has 0 spiro atoms. The first-order valence-electron chi connectivity index (χ1n) is 11.2. The summed E-state index contributed by atoms with van der Waals surface area (Å²) in [4.78, 5) is 20.7. The maximum Gasteiger partial charge on any atom is 0.193 e. The number of ketones is 1. The van der Waals surface area contributed by atoms with Gasteiger partial charge in [-0.1, -0.05) is 6.07 Å². The first-order valence-corrected chi connectivity index (χ1v) is 11.2. The molecule has 5 rings (SSSR count). The van der Waals surface area contributed by atoms with Crippen LogP contribution in [0, 0.1) is 23.7 Å². The number of nitriles is 1. The third-order valence-electron chi connectivity index (χ3n) is 6.20. The third-order valence-corrected chi connectivity index (χ3v) is 6.20. The Kier molecular flexibility index (Phi) is 5.76. The Morgan fingerprint density at radius 2 is 2.17 bits per heavy atom. The first kappa shape index (κ1) is 22.3. The van der Waals surface area contributed by atoms with Crippen LogP contribution in [0.3, 0.4) is 0 Å². The van der Waals surface area contributed by atoms with Crippen LogP contribution in [0.2, 0.25) is 0 Å². The summed E-state index contributed by atoms with van der Waals surface area (Å²) in [6.07, 6.45) is 9.41. The fourth-order valence-electron chi connectivity index (χ4n) is 4.20. The quantitative estimate of drug-likeness (QED) is 0.273. The minimum absolute atomic E-state index is 0.0299. The number of rotatable bonds is 8. The van der Waals surface area contributed by atoms with E-state index in [0.717, 1.165) is 24.1 Å². The molecule has 0 N–H and O–H groups in total. The number of hydrogen-bond acceptors (Lipinski definition) is 5. The summed E-state index contributed by atoms with van der Waals surface area (Å²) in [5.41, 5.74) is 3.75. The number of pyridine rings is 1. The van der Waals surface area contributed by atoms with Crippen molar-refractivity contribution in [3.8, 4) is 11.8 Å². The van der Waals surface area contributed by atoms with Crippen molar-refractivity contribution in [2.75, 3.05) is 7.11 Å². The standard InChI is InChI=1S/C26H21FN6O2/c1-29-22-6-8-24(35-2)25(27)21(22)5-7-23(34)19-11-30-33(13-19)15-20-14-32-12-18(16-3-4-16)9-17(10-28)26(32)31-20/h6,8-9,11-14,16H,3-5,7,15H2,2H3. The Bertz CT molecular complexity index is 1530. The normalized spacial score (nSPS) is 12.9. The number of nitrogens with zero attached hydrogens (tertiary/aromatic N) is 6. The fourth-order valence-corrected chi connectivity index (χ4v) is 4.20. The van der Waals surface area contributed by atoms with Gasteiger partial charge in [-0.15, -0.1) is 0 Å². The number of halogens is 1. The smallest absolute Gasteiger partial charge is 0.193 e. The number of methoxy groups -OCH3 is 1. The van der Waals surface area contributed by atoms with E-state index in [0.29, 0.717) is 29.2 Å². The minimum Gasteiger partial charge on any atom is -0.494 e. The van der Waals surface area contributed by atoms with E-state index < -0.39 is 5.82 Å². The number of carbonyl (C=O) groups is 1. The molecule has 1 saturated carbocycles. The lowest BCUT2D eigenvalue weighted by Crippen LogP contribution is -2.03. The first-order chi connectivity index (χ1) is 17.0. The zero-order valence-electron chi connectivity index (χ0n) is 19.0. The number of aromatic nitrogens is 4. The topological polar surface area (TPSA) is 89.6 Å². The highest BCUT2D eigenvalue weighted by molar-refractivity contribution is 5.95. The molecule has 4 aromatic rings. The lowest BCUT2D eigenvalue weighted by molar-refractivity contribution is 0.0982. The molecule has 35 heavy (non-hydrogen) atoms. The van der Waals surface area contributed by atoms with Crippen LogP contribution >= 0.6 is 0 Å². The highest BCUT2D eigenvalue weighted by Gasteiger charge is 2.25. The molecule has 3 aromatic heterocycles. The van der Waals surface area contributed by atoms with Gasteiger partial charge in [-0.05, 0) is 48.4 Å². The van der Waals surface area contributed by atoms with E-state index in [1.165, 1.54) is 25.4 Å². The summed E-state index contributed by atoms with van der Waals surface area (Å²) >= 11 is 0. The zero-order chi connectivity index (χ0) is 24.5. The number of imidazole rings is 1. The average molecular weight is 468 g/mol. The summed E-state index contributed by atoms with van der Waals surface area (Å²) in [5.74, 6) is -0.250. The molecule has 1 fully saturated rings. The van der Waals surface area contributed by atoms with Crippen molar-refractivity contribution < 1.29 is 13.9 Å². The van der Waals surface area contributed by atoms with Crippen LogP contribution in [0.1, 0.15) is 57.9 Å². The van der Waals surface area contributed by atoms with Gasteiger partial charge in [-0.25, -0.2) is 14.2 Å². The van der Waals surface area contributed by atoms with E-state index in [-0.39, 0.29) is 35.6 Å². The van der Waals surface area contributed by atoms with Crippen molar-refractivity contribution in [2.45, 2.75) is 38.1 Å². The molecular weight excluding hydrogens is 447 g/mol. The summed E-state index contributed by atoms with van der Waals surface area (Å²) in [5, 5.41) is 13.8. The van der Waals surface area contributed by atoms with E-state index in [1.54, 1.807) is 10.9 Å². The maximum atomic E-state index is 14.6. The predicted octanol–water partition coefficient (Wildman–Crippen LogP) is 4.84. The number of benzene rings is 1. The molecule has 1 aliphatic carbocycles. The highest BCUT2D eigenvalue weighted by Crippen LogP contribution is 2.40. The van der Waals surface area contributed by atoms with Crippen LogP contribution in [-0.2, 0) is 13.0 Å². The molecule has 8 nitrogen and oxygen atoms in total. The summed E-state index contributed by atoms with van der Waals surface area (Å²) in [7, 11) is 1.36. The average Bonchev–Trinajstić information content (AvgIpc) is 3.48. The summed E-state index contributed by atoms with van der Waals surface area (Å²) < 4.78 is 23.1. The molecule has 0 atom stereocenters. The number of carbonyl (C=O) groups excluding carboxylic acids is 1. The predicted molar refractivity (Wildman–Crippen MR) is 125 cm³/mol. The Hall–Kier alpha value is -4.50. The van der Waals surface area contributed by atoms with Crippen LogP contribution in [0.4, 0.5) is 10.1 Å². The second-order valence-corrected chi connectivity index (χ2v) is 8.58. The van der Waals surface area contributed by atoms with E-state index in [2.05, 4.69) is 21.0 Å². The van der Waals surface area contributed by atoms with E-state index >= 15 is 0 Å². The van der Waals surface area contributed by atoms with Crippen LogP contribution < -0.4 is 4.74 Å². The number of fused-ring (bicyclic) bond motifs is 1.